The van der Waals surface area contributed by atoms with Crippen molar-refractivity contribution in [2.75, 3.05) is 27.2 Å². The van der Waals surface area contributed by atoms with Crippen molar-refractivity contribution in [2.24, 2.45) is 29.4 Å². The van der Waals surface area contributed by atoms with Crippen LogP contribution in [0.1, 0.15) is 45.2 Å². The van der Waals surface area contributed by atoms with Gasteiger partial charge in [-0.1, -0.05) is 12.2 Å². The molecule has 1 aromatic rings. The topological polar surface area (TPSA) is 175 Å². The summed E-state index contributed by atoms with van der Waals surface area (Å²) in [5, 5.41) is 22.9. The summed E-state index contributed by atoms with van der Waals surface area (Å²) in [5.74, 6) is -11.4. The van der Waals surface area contributed by atoms with Gasteiger partial charge in [-0.25, -0.2) is 0 Å². The zero-order valence-electron chi connectivity index (χ0n) is 22.0. The Morgan fingerprint density at radius 3 is 2.33 bits per heavy atom. The predicted octanol–water partition coefficient (Wildman–Crippen LogP) is -0.559. The second-order valence-electron chi connectivity index (χ2n) is 11.3. The minimum Gasteiger partial charge on any atom is -0.507 e. The van der Waals surface area contributed by atoms with E-state index in [2.05, 4.69) is 0 Å². The number of amides is 1. The zero-order chi connectivity index (χ0) is 28.5. The van der Waals surface area contributed by atoms with Crippen molar-refractivity contribution >= 4 is 34.8 Å². The molecule has 3 aliphatic carbocycles. The fourth-order valence-electron chi connectivity index (χ4n) is 7.05. The molecule has 206 valence electrons. The van der Waals surface area contributed by atoms with E-state index in [1.165, 1.54) is 25.9 Å². The average molecular weight is 538 g/mol. The Hall–Kier alpha value is -3.54. The number of hydrogen-bond donors (Lipinski definition) is 3. The average Bonchev–Trinajstić information content (AvgIpc) is 3.35. The van der Waals surface area contributed by atoms with Crippen molar-refractivity contribution in [3.05, 3.63) is 40.5 Å². The summed E-state index contributed by atoms with van der Waals surface area (Å²) in [6.45, 7) is 2.89. The first-order valence-electron chi connectivity index (χ1n) is 12.9. The van der Waals surface area contributed by atoms with Crippen LogP contribution in [0, 0.1) is 23.7 Å². The number of aromatic hydroxyl groups is 1. The number of likely N-dealkylation sites (N-methyl/N-ethyl adjacent to an activating group) is 1. The number of benzene rings is 1. The molecule has 11 heteroatoms. The van der Waals surface area contributed by atoms with Crippen LogP contribution in [0.3, 0.4) is 0 Å². The van der Waals surface area contributed by atoms with Crippen LogP contribution in [-0.2, 0) is 32.1 Å². The first-order chi connectivity index (χ1) is 18.3. The smallest absolute Gasteiger partial charge is 0.235 e. The Kier molecular flexibility index (Phi) is 6.44. The largest absolute Gasteiger partial charge is 0.507 e. The third-order valence-electron chi connectivity index (χ3n) is 8.81. The molecule has 0 radical (unpaired) electrons. The number of fused-ring (bicyclic) bond motifs is 3. The molecule has 11 nitrogen and oxygen atoms in total. The van der Waals surface area contributed by atoms with Gasteiger partial charge in [-0.15, -0.1) is 0 Å². The minimum atomic E-state index is -2.78. The molecule has 5 rings (SSSR count). The second kappa shape index (κ2) is 9.29. The van der Waals surface area contributed by atoms with E-state index in [0.717, 1.165) is 0 Å². The van der Waals surface area contributed by atoms with Crippen LogP contribution in [-0.4, -0.2) is 93.7 Å². The molecule has 0 bridgehead atoms. The number of nitrogens with two attached hydrogens (primary N) is 1. The quantitative estimate of drug-likeness (QED) is 0.251. The summed E-state index contributed by atoms with van der Waals surface area (Å²) in [5.41, 5.74) is 3.34. The Balaban J connectivity index is 1.63. The number of phenolic OH excluding ortho intramolecular Hbond substituents is 1. The predicted molar refractivity (Wildman–Crippen MR) is 136 cm³/mol. The summed E-state index contributed by atoms with van der Waals surface area (Å²) >= 11 is 0. The number of carbonyl (C=O) groups is 6. The molecule has 1 aromatic carbocycles. The van der Waals surface area contributed by atoms with E-state index >= 15 is 0 Å². The van der Waals surface area contributed by atoms with Crippen LogP contribution in [0.2, 0.25) is 0 Å². The van der Waals surface area contributed by atoms with E-state index in [0.29, 0.717) is 24.2 Å². The van der Waals surface area contributed by atoms with Crippen molar-refractivity contribution in [3.8, 4) is 5.75 Å². The molecule has 0 saturated heterocycles. The van der Waals surface area contributed by atoms with Gasteiger partial charge in [0.2, 0.25) is 5.91 Å². The fourth-order valence-corrected chi connectivity index (χ4v) is 7.05. The van der Waals surface area contributed by atoms with Crippen LogP contribution in [0.5, 0.6) is 5.75 Å². The maximum absolute atomic E-state index is 14.0. The first kappa shape index (κ1) is 27.0. The first-order valence-corrected chi connectivity index (χ1v) is 12.9. The number of rotatable bonds is 5. The number of aliphatic hydroxyl groups is 1. The van der Waals surface area contributed by atoms with Crippen LogP contribution >= 0.6 is 0 Å². The summed E-state index contributed by atoms with van der Waals surface area (Å²) in [4.78, 5) is 82.7. The third kappa shape index (κ3) is 3.82. The van der Waals surface area contributed by atoms with Gasteiger partial charge < -0.3 is 15.9 Å². The molecule has 2 unspecified atom stereocenters. The van der Waals surface area contributed by atoms with Gasteiger partial charge in [0.25, 0.3) is 0 Å². The number of hydrogen-bond acceptors (Lipinski definition) is 10. The highest BCUT2D eigenvalue weighted by Gasteiger charge is 2.69. The van der Waals surface area contributed by atoms with Crippen molar-refractivity contribution < 1.29 is 39.0 Å². The summed E-state index contributed by atoms with van der Waals surface area (Å²) < 4.78 is 0. The van der Waals surface area contributed by atoms with E-state index < -0.39 is 64.4 Å². The van der Waals surface area contributed by atoms with Crippen molar-refractivity contribution in [1.29, 1.82) is 0 Å². The molecule has 39 heavy (non-hydrogen) atoms. The summed E-state index contributed by atoms with van der Waals surface area (Å²) in [6.07, 6.45) is 3.91. The van der Waals surface area contributed by atoms with Gasteiger partial charge in [0.1, 0.15) is 5.75 Å². The van der Waals surface area contributed by atoms with E-state index in [1.807, 2.05) is 17.1 Å². The van der Waals surface area contributed by atoms with Crippen LogP contribution in [0.15, 0.2) is 18.2 Å². The van der Waals surface area contributed by atoms with Gasteiger partial charge in [0.15, 0.2) is 40.4 Å². The maximum atomic E-state index is 14.0. The molecule has 4 N–H and O–H groups in total. The van der Waals surface area contributed by atoms with E-state index in [1.54, 1.807) is 6.07 Å². The molecular weight excluding hydrogens is 506 g/mol. The van der Waals surface area contributed by atoms with Gasteiger partial charge in [0.05, 0.1) is 17.5 Å². The molecule has 2 fully saturated rings. The zero-order valence-corrected chi connectivity index (χ0v) is 22.0. The molecule has 6 atom stereocenters. The highest BCUT2D eigenvalue weighted by molar-refractivity contribution is 6.32. The number of carbonyl (C=O) groups excluding carboxylic acids is 6. The van der Waals surface area contributed by atoms with Gasteiger partial charge in [0, 0.05) is 36.7 Å². The lowest BCUT2D eigenvalue weighted by molar-refractivity contribution is -0.181. The molecule has 1 heterocycles. The lowest BCUT2D eigenvalue weighted by atomic mass is 9.52. The number of primary amides is 1. The highest BCUT2D eigenvalue weighted by Crippen LogP contribution is 2.51. The number of phenols is 1. The second-order valence-corrected chi connectivity index (χ2v) is 11.3. The molecule has 1 aliphatic heterocycles. The number of Topliss-reactive ketones (excluding diaryl/α,β-unsaturated/α-hetero) is 5. The monoisotopic (exact) mass is 537 g/mol. The SMILES string of the molecule is CC(=O)c1cc(CN2CC=CC2)c(O)c2c1C[C@H]1C[C@H]3[C@H](N(C)C)C(=O)C(C(N)=O)C(=O)[C@@]3(O)C(=O)C1C2=O. The molecule has 2 saturated carbocycles. The molecule has 4 aliphatic rings. The molecule has 0 aromatic heterocycles. The van der Waals surface area contributed by atoms with Gasteiger partial charge in [-0.3, -0.25) is 38.6 Å². The standard InChI is InChI=1S/C28H31N3O8/c1-12(32)15-9-14(11-31-6-4-5-7-31)22(33)19-16(15)8-13-10-17-21(30(2)3)24(35)20(27(29)38)26(37)28(17,39)25(36)18(13)23(19)34/h4-5,9,13,17-18,20-21,33,39H,6-8,10-11H2,1-3H3,(H2,29,38)/t13-,17-,18?,20?,21-,28-/m0/s1. The maximum Gasteiger partial charge on any atom is 0.235 e. The third-order valence-corrected chi connectivity index (χ3v) is 8.81. The van der Waals surface area contributed by atoms with Gasteiger partial charge in [-0.05, 0) is 51.4 Å². The normalized spacial score (nSPS) is 32.3. The Bertz CT molecular complexity index is 1370. The van der Waals surface area contributed by atoms with Crippen LogP contribution in [0.25, 0.3) is 0 Å². The Morgan fingerprint density at radius 2 is 1.77 bits per heavy atom. The Labute approximate surface area is 224 Å². The summed E-state index contributed by atoms with van der Waals surface area (Å²) in [6, 6.07) is 0.403. The van der Waals surface area contributed by atoms with Crippen molar-refractivity contribution in [3.63, 3.8) is 0 Å². The van der Waals surface area contributed by atoms with E-state index in [9.17, 15) is 39.0 Å². The Morgan fingerprint density at radius 1 is 1.13 bits per heavy atom. The molecular formula is C28H31N3O8. The van der Waals surface area contributed by atoms with Crippen molar-refractivity contribution in [2.45, 2.75) is 38.0 Å². The lowest BCUT2D eigenvalue weighted by Gasteiger charge is -2.52. The number of ketones is 5. The lowest BCUT2D eigenvalue weighted by Crippen LogP contribution is -2.74. The van der Waals surface area contributed by atoms with E-state index in [4.69, 9.17) is 5.73 Å². The highest BCUT2D eigenvalue weighted by atomic mass is 16.3. The molecule has 1 amide bonds. The van der Waals surface area contributed by atoms with Crippen LogP contribution < -0.4 is 5.73 Å². The van der Waals surface area contributed by atoms with E-state index in [-0.39, 0.29) is 42.0 Å². The molecule has 0 spiro atoms. The summed E-state index contributed by atoms with van der Waals surface area (Å²) in [7, 11) is 3.05. The number of nitrogens with zero attached hydrogens (tertiary/aromatic N) is 2. The van der Waals surface area contributed by atoms with Gasteiger partial charge in [-0.2, -0.15) is 0 Å². The van der Waals surface area contributed by atoms with Crippen LogP contribution in [0.4, 0.5) is 0 Å². The fraction of sp³-hybridized carbons (Fsp3) is 0.500. The minimum absolute atomic E-state index is 0.0554. The van der Waals surface area contributed by atoms with Crippen molar-refractivity contribution in [1.82, 2.24) is 9.80 Å². The van der Waals surface area contributed by atoms with Gasteiger partial charge >= 0.3 is 0 Å².